The van der Waals surface area contributed by atoms with Crippen LogP contribution >= 0.6 is 11.3 Å². The standard InChI is InChI=1S/C26H20N4O2S/c1-16-7-9-18(10-8-16)23-15-33-26(28-23)29-24(31)19-11-13-20(14-12-19)30-17(2)27-22-6-4-3-5-21(22)25(30)32/h3-15H,1-2H3,(H,28,29,31). The molecule has 0 bridgehead atoms. The van der Waals surface area contributed by atoms with Crippen molar-refractivity contribution >= 4 is 33.3 Å². The van der Waals surface area contributed by atoms with Crippen LogP contribution in [0.25, 0.3) is 27.8 Å². The van der Waals surface area contributed by atoms with E-state index >= 15 is 0 Å². The first-order valence-electron chi connectivity index (χ1n) is 10.4. The average molecular weight is 453 g/mol. The van der Waals surface area contributed by atoms with E-state index in [0.29, 0.717) is 33.1 Å². The molecule has 0 spiro atoms. The molecule has 0 aliphatic rings. The zero-order valence-electron chi connectivity index (χ0n) is 18.1. The summed E-state index contributed by atoms with van der Waals surface area (Å²) in [4.78, 5) is 34.8. The van der Waals surface area contributed by atoms with Crippen LogP contribution in [0.2, 0.25) is 0 Å². The summed E-state index contributed by atoms with van der Waals surface area (Å²) < 4.78 is 1.55. The van der Waals surface area contributed by atoms with Gasteiger partial charge in [0.1, 0.15) is 5.82 Å². The highest BCUT2D eigenvalue weighted by Gasteiger charge is 2.13. The average Bonchev–Trinajstić information content (AvgIpc) is 3.28. The fourth-order valence-electron chi connectivity index (χ4n) is 3.67. The molecule has 6 nitrogen and oxygen atoms in total. The zero-order valence-corrected chi connectivity index (χ0v) is 18.9. The number of anilines is 1. The van der Waals surface area contributed by atoms with E-state index < -0.39 is 0 Å². The number of para-hydroxylation sites is 1. The summed E-state index contributed by atoms with van der Waals surface area (Å²) in [6.07, 6.45) is 0. The second-order valence-corrected chi connectivity index (χ2v) is 8.58. The van der Waals surface area contributed by atoms with Crippen LogP contribution in [0.1, 0.15) is 21.7 Å². The lowest BCUT2D eigenvalue weighted by Crippen LogP contribution is -2.22. The molecule has 0 aliphatic carbocycles. The normalized spacial score (nSPS) is 11.0. The van der Waals surface area contributed by atoms with E-state index in [1.54, 1.807) is 41.8 Å². The molecule has 1 amide bonds. The van der Waals surface area contributed by atoms with Crippen molar-refractivity contribution in [2.75, 3.05) is 5.32 Å². The molecule has 2 heterocycles. The number of nitrogens with zero attached hydrogens (tertiary/aromatic N) is 3. The Balaban J connectivity index is 1.37. The van der Waals surface area contributed by atoms with Crippen molar-refractivity contribution in [3.63, 3.8) is 0 Å². The van der Waals surface area contributed by atoms with Gasteiger partial charge in [-0.1, -0.05) is 42.0 Å². The van der Waals surface area contributed by atoms with Crippen molar-refractivity contribution in [2.45, 2.75) is 13.8 Å². The van der Waals surface area contributed by atoms with Gasteiger partial charge < -0.3 is 0 Å². The Hall–Kier alpha value is -4.10. The number of benzene rings is 3. The third kappa shape index (κ3) is 4.06. The molecule has 33 heavy (non-hydrogen) atoms. The number of aryl methyl sites for hydroxylation is 2. The Labute approximate surface area is 194 Å². The molecule has 0 saturated heterocycles. The van der Waals surface area contributed by atoms with Gasteiger partial charge in [-0.05, 0) is 50.2 Å². The SMILES string of the molecule is Cc1ccc(-c2csc(NC(=O)c3ccc(-n4c(C)nc5ccccc5c4=O)cc3)n2)cc1. The monoisotopic (exact) mass is 452 g/mol. The fourth-order valence-corrected chi connectivity index (χ4v) is 4.38. The van der Waals surface area contributed by atoms with Gasteiger partial charge in [-0.25, -0.2) is 9.97 Å². The van der Waals surface area contributed by atoms with Gasteiger partial charge in [0.2, 0.25) is 0 Å². The smallest absolute Gasteiger partial charge is 0.265 e. The van der Waals surface area contributed by atoms with Gasteiger partial charge in [-0.3, -0.25) is 19.5 Å². The van der Waals surface area contributed by atoms with Crippen LogP contribution in [0.3, 0.4) is 0 Å². The maximum Gasteiger partial charge on any atom is 0.265 e. The summed E-state index contributed by atoms with van der Waals surface area (Å²) in [7, 11) is 0. The number of carbonyl (C=O) groups is 1. The molecule has 7 heteroatoms. The summed E-state index contributed by atoms with van der Waals surface area (Å²) in [6.45, 7) is 3.83. The van der Waals surface area contributed by atoms with Crippen molar-refractivity contribution in [3.05, 3.63) is 105 Å². The Bertz CT molecular complexity index is 1530. The minimum atomic E-state index is -0.257. The van der Waals surface area contributed by atoms with Gasteiger partial charge in [0.25, 0.3) is 11.5 Å². The first kappa shape index (κ1) is 20.8. The number of carbonyl (C=O) groups excluding carboxylic acids is 1. The highest BCUT2D eigenvalue weighted by molar-refractivity contribution is 7.14. The van der Waals surface area contributed by atoms with Crippen LogP contribution in [0.5, 0.6) is 0 Å². The summed E-state index contributed by atoms with van der Waals surface area (Å²) in [5, 5.41) is 5.86. The molecule has 5 rings (SSSR count). The molecule has 0 fully saturated rings. The van der Waals surface area contributed by atoms with Crippen molar-refractivity contribution in [2.24, 2.45) is 0 Å². The topological polar surface area (TPSA) is 76.9 Å². The zero-order chi connectivity index (χ0) is 22.9. The quantitative estimate of drug-likeness (QED) is 0.397. The van der Waals surface area contributed by atoms with E-state index in [9.17, 15) is 9.59 Å². The van der Waals surface area contributed by atoms with Gasteiger partial charge >= 0.3 is 0 Å². The van der Waals surface area contributed by atoms with E-state index in [4.69, 9.17) is 0 Å². The van der Waals surface area contributed by atoms with Gasteiger partial charge in [0.05, 0.1) is 22.3 Å². The maximum atomic E-state index is 13.0. The Morgan fingerprint density at radius 2 is 1.64 bits per heavy atom. The van der Waals surface area contributed by atoms with Crippen LogP contribution in [0, 0.1) is 13.8 Å². The van der Waals surface area contributed by atoms with Crippen molar-refractivity contribution in [3.8, 4) is 16.9 Å². The molecular weight excluding hydrogens is 432 g/mol. The molecule has 0 saturated carbocycles. The van der Waals surface area contributed by atoms with Crippen LogP contribution in [0.4, 0.5) is 5.13 Å². The maximum absolute atomic E-state index is 13.0. The van der Waals surface area contributed by atoms with E-state index in [2.05, 4.69) is 15.3 Å². The van der Waals surface area contributed by atoms with E-state index in [1.807, 2.05) is 54.8 Å². The summed E-state index contributed by atoms with van der Waals surface area (Å²) in [6, 6.07) is 22.3. The van der Waals surface area contributed by atoms with Gasteiger partial charge in [-0.2, -0.15) is 0 Å². The number of amides is 1. The largest absolute Gasteiger partial charge is 0.298 e. The molecule has 0 radical (unpaired) electrons. The number of hydrogen-bond acceptors (Lipinski definition) is 5. The fraction of sp³-hybridized carbons (Fsp3) is 0.0769. The minimum Gasteiger partial charge on any atom is -0.298 e. The number of fused-ring (bicyclic) bond motifs is 1. The Morgan fingerprint density at radius 3 is 2.39 bits per heavy atom. The highest BCUT2D eigenvalue weighted by Crippen LogP contribution is 2.25. The van der Waals surface area contributed by atoms with Gasteiger partial charge in [0.15, 0.2) is 5.13 Å². The summed E-state index contributed by atoms with van der Waals surface area (Å²) >= 11 is 1.38. The lowest BCUT2D eigenvalue weighted by Gasteiger charge is -2.11. The lowest BCUT2D eigenvalue weighted by molar-refractivity contribution is 0.102. The molecule has 0 aliphatic heterocycles. The Morgan fingerprint density at radius 1 is 0.909 bits per heavy atom. The molecule has 1 N–H and O–H groups in total. The number of rotatable bonds is 4. The van der Waals surface area contributed by atoms with Crippen molar-refractivity contribution in [1.29, 1.82) is 0 Å². The number of thiazole rings is 1. The lowest BCUT2D eigenvalue weighted by atomic mass is 10.1. The van der Waals surface area contributed by atoms with Crippen molar-refractivity contribution < 1.29 is 4.79 Å². The predicted molar refractivity (Wildman–Crippen MR) is 132 cm³/mol. The molecule has 0 unspecified atom stereocenters. The van der Waals surface area contributed by atoms with Crippen LogP contribution < -0.4 is 10.9 Å². The molecule has 2 aromatic heterocycles. The minimum absolute atomic E-state index is 0.137. The summed E-state index contributed by atoms with van der Waals surface area (Å²) in [5.74, 6) is 0.328. The number of hydrogen-bond donors (Lipinski definition) is 1. The van der Waals surface area contributed by atoms with E-state index in [-0.39, 0.29) is 11.5 Å². The van der Waals surface area contributed by atoms with Crippen LogP contribution in [-0.2, 0) is 0 Å². The molecule has 3 aromatic carbocycles. The Kier molecular flexibility index (Phi) is 5.32. The second kappa shape index (κ2) is 8.44. The van der Waals surface area contributed by atoms with Crippen LogP contribution in [0.15, 0.2) is 83.0 Å². The first-order valence-corrected chi connectivity index (χ1v) is 11.3. The highest BCUT2D eigenvalue weighted by atomic mass is 32.1. The number of nitrogens with one attached hydrogen (secondary N) is 1. The van der Waals surface area contributed by atoms with Gasteiger partial charge in [0, 0.05) is 16.5 Å². The van der Waals surface area contributed by atoms with Crippen molar-refractivity contribution in [1.82, 2.24) is 14.5 Å². The third-order valence-electron chi connectivity index (χ3n) is 5.40. The van der Waals surface area contributed by atoms with E-state index in [0.717, 1.165) is 11.3 Å². The second-order valence-electron chi connectivity index (χ2n) is 7.72. The third-order valence-corrected chi connectivity index (χ3v) is 6.16. The van der Waals surface area contributed by atoms with Gasteiger partial charge in [-0.15, -0.1) is 11.3 Å². The molecule has 162 valence electrons. The van der Waals surface area contributed by atoms with E-state index in [1.165, 1.54) is 16.9 Å². The first-order chi connectivity index (χ1) is 16.0. The molecular formula is C26H20N4O2S. The molecule has 5 aromatic rings. The predicted octanol–water partition coefficient (Wildman–Crippen LogP) is 5.38. The van der Waals surface area contributed by atoms with Crippen LogP contribution in [-0.4, -0.2) is 20.4 Å². The molecule has 0 atom stereocenters. The number of aromatic nitrogens is 3. The summed E-state index contributed by atoms with van der Waals surface area (Å²) in [5.41, 5.74) is 4.68.